The van der Waals surface area contributed by atoms with Crippen LogP contribution in [0.15, 0.2) is 6.20 Å². The Morgan fingerprint density at radius 3 is 3.19 bits per heavy atom. The fourth-order valence-electron chi connectivity index (χ4n) is 1.21. The van der Waals surface area contributed by atoms with Crippen molar-refractivity contribution in [3.05, 3.63) is 11.9 Å². The van der Waals surface area contributed by atoms with Gasteiger partial charge in [0.25, 0.3) is 5.91 Å². The molecule has 0 atom stereocenters. The Labute approximate surface area is 91.7 Å². The molecule has 88 valence electrons. The number of carbonyl (C=O) groups is 1. The summed E-state index contributed by atoms with van der Waals surface area (Å²) in [5, 5.41) is 7.42. The van der Waals surface area contributed by atoms with Gasteiger partial charge in [0.2, 0.25) is 0 Å². The van der Waals surface area contributed by atoms with Gasteiger partial charge in [-0.25, -0.2) is 10.5 Å². The van der Waals surface area contributed by atoms with Crippen LogP contribution in [0.4, 0.5) is 0 Å². The zero-order chi connectivity index (χ0) is 11.4. The highest BCUT2D eigenvalue weighted by molar-refractivity contribution is 5.91. The third kappa shape index (κ3) is 2.54. The summed E-state index contributed by atoms with van der Waals surface area (Å²) in [5.74, 6) is 4.50. The van der Waals surface area contributed by atoms with Gasteiger partial charge in [-0.05, 0) is 0 Å². The molecule has 16 heavy (non-hydrogen) atoms. The first-order chi connectivity index (χ1) is 7.79. The van der Waals surface area contributed by atoms with Crippen molar-refractivity contribution < 1.29 is 14.3 Å². The number of aromatic nitrogens is 3. The molecule has 0 saturated carbocycles. The predicted molar refractivity (Wildman–Crippen MR) is 52.2 cm³/mol. The maximum atomic E-state index is 11.1. The molecule has 0 radical (unpaired) electrons. The maximum absolute atomic E-state index is 11.1. The molecule has 0 aromatic carbocycles. The van der Waals surface area contributed by atoms with E-state index < -0.39 is 5.91 Å². The Balaban J connectivity index is 1.76. The van der Waals surface area contributed by atoms with E-state index in [1.165, 1.54) is 10.9 Å². The summed E-state index contributed by atoms with van der Waals surface area (Å²) >= 11 is 0. The molecule has 1 aliphatic heterocycles. The summed E-state index contributed by atoms with van der Waals surface area (Å²) in [6, 6.07) is 0. The molecule has 0 aliphatic carbocycles. The van der Waals surface area contributed by atoms with E-state index in [9.17, 15) is 4.79 Å². The van der Waals surface area contributed by atoms with Gasteiger partial charge in [0.15, 0.2) is 5.69 Å². The summed E-state index contributed by atoms with van der Waals surface area (Å²) < 4.78 is 11.9. The lowest BCUT2D eigenvalue weighted by Gasteiger charge is -2.25. The van der Waals surface area contributed by atoms with Crippen molar-refractivity contribution >= 4 is 5.91 Å². The summed E-state index contributed by atoms with van der Waals surface area (Å²) in [7, 11) is 0. The van der Waals surface area contributed by atoms with Crippen LogP contribution >= 0.6 is 0 Å². The van der Waals surface area contributed by atoms with Gasteiger partial charge in [-0.1, -0.05) is 5.21 Å². The highest BCUT2D eigenvalue weighted by Gasteiger charge is 2.18. The van der Waals surface area contributed by atoms with Crippen LogP contribution in [0.3, 0.4) is 0 Å². The SMILES string of the molecule is NNC(=O)c1cn(CCOC2COC2)nn1. The smallest absolute Gasteiger partial charge is 0.287 e. The zero-order valence-electron chi connectivity index (χ0n) is 8.63. The van der Waals surface area contributed by atoms with Crippen LogP contribution in [0.5, 0.6) is 0 Å². The van der Waals surface area contributed by atoms with Gasteiger partial charge in [-0.15, -0.1) is 5.10 Å². The second kappa shape index (κ2) is 5.01. The topological polar surface area (TPSA) is 104 Å². The molecule has 2 rings (SSSR count). The van der Waals surface area contributed by atoms with E-state index in [1.54, 1.807) is 0 Å². The molecule has 1 aromatic rings. The summed E-state index contributed by atoms with van der Waals surface area (Å²) in [4.78, 5) is 11.1. The lowest BCUT2D eigenvalue weighted by atomic mass is 10.3. The summed E-state index contributed by atoms with van der Waals surface area (Å²) in [6.07, 6.45) is 1.71. The Morgan fingerprint density at radius 2 is 2.56 bits per heavy atom. The molecule has 1 aromatic heterocycles. The largest absolute Gasteiger partial charge is 0.376 e. The average molecular weight is 227 g/mol. The predicted octanol–water partition coefficient (Wildman–Crippen LogP) is -1.70. The number of nitrogen functional groups attached to an aromatic ring is 1. The van der Waals surface area contributed by atoms with E-state index in [0.29, 0.717) is 26.4 Å². The van der Waals surface area contributed by atoms with Crippen molar-refractivity contribution in [2.75, 3.05) is 19.8 Å². The number of rotatable bonds is 5. The first-order valence-corrected chi connectivity index (χ1v) is 4.90. The normalized spacial score (nSPS) is 15.8. The molecule has 3 N–H and O–H groups in total. The third-order valence-corrected chi connectivity index (χ3v) is 2.18. The number of nitrogens with one attached hydrogen (secondary N) is 1. The summed E-state index contributed by atoms with van der Waals surface area (Å²) in [5.41, 5.74) is 2.17. The van der Waals surface area contributed by atoms with Crippen molar-refractivity contribution in [3.63, 3.8) is 0 Å². The molecular formula is C8H13N5O3. The van der Waals surface area contributed by atoms with Crippen LogP contribution in [0.1, 0.15) is 10.5 Å². The Hall–Kier alpha value is -1.51. The van der Waals surface area contributed by atoms with Gasteiger partial charge in [-0.3, -0.25) is 10.2 Å². The Morgan fingerprint density at radius 1 is 1.75 bits per heavy atom. The maximum Gasteiger partial charge on any atom is 0.287 e. The number of nitrogens with two attached hydrogens (primary N) is 1. The molecular weight excluding hydrogens is 214 g/mol. The zero-order valence-corrected chi connectivity index (χ0v) is 8.63. The fourth-order valence-corrected chi connectivity index (χ4v) is 1.21. The van der Waals surface area contributed by atoms with Crippen LogP contribution in [-0.2, 0) is 16.0 Å². The molecule has 8 nitrogen and oxygen atoms in total. The van der Waals surface area contributed by atoms with Gasteiger partial charge in [0.1, 0.15) is 6.10 Å². The second-order valence-corrected chi connectivity index (χ2v) is 3.37. The number of nitrogens with zero attached hydrogens (tertiary/aromatic N) is 3. The van der Waals surface area contributed by atoms with Crippen molar-refractivity contribution in [1.29, 1.82) is 0 Å². The molecule has 0 bridgehead atoms. The van der Waals surface area contributed by atoms with E-state index in [2.05, 4.69) is 10.3 Å². The van der Waals surface area contributed by atoms with Crippen LogP contribution < -0.4 is 11.3 Å². The van der Waals surface area contributed by atoms with E-state index >= 15 is 0 Å². The van der Waals surface area contributed by atoms with Crippen molar-refractivity contribution in [2.45, 2.75) is 12.6 Å². The van der Waals surface area contributed by atoms with Crippen LogP contribution in [0, 0.1) is 0 Å². The fraction of sp³-hybridized carbons (Fsp3) is 0.625. The number of hydrogen-bond donors (Lipinski definition) is 2. The highest BCUT2D eigenvalue weighted by atomic mass is 16.6. The average Bonchev–Trinajstić information content (AvgIpc) is 2.69. The van der Waals surface area contributed by atoms with Crippen molar-refractivity contribution in [1.82, 2.24) is 20.4 Å². The monoisotopic (exact) mass is 227 g/mol. The Kier molecular flexibility index (Phi) is 3.44. The first-order valence-electron chi connectivity index (χ1n) is 4.90. The Bertz CT molecular complexity index is 362. The standard InChI is InChI=1S/C8H13N5O3/c9-10-8(14)7-3-13(12-11-7)1-2-16-6-4-15-5-6/h3,6H,1-2,4-5,9H2,(H,10,14). The molecule has 1 amide bonds. The van der Waals surface area contributed by atoms with Crippen molar-refractivity contribution in [3.8, 4) is 0 Å². The van der Waals surface area contributed by atoms with E-state index in [-0.39, 0.29) is 11.8 Å². The lowest BCUT2D eigenvalue weighted by Crippen LogP contribution is -2.36. The van der Waals surface area contributed by atoms with Crippen LogP contribution in [0.2, 0.25) is 0 Å². The minimum absolute atomic E-state index is 0.189. The van der Waals surface area contributed by atoms with Crippen LogP contribution in [-0.4, -0.2) is 46.8 Å². The quantitative estimate of drug-likeness (QED) is 0.353. The minimum Gasteiger partial charge on any atom is -0.376 e. The van der Waals surface area contributed by atoms with Crippen LogP contribution in [0.25, 0.3) is 0 Å². The third-order valence-electron chi connectivity index (χ3n) is 2.18. The molecule has 1 saturated heterocycles. The molecule has 2 heterocycles. The van der Waals surface area contributed by atoms with Crippen molar-refractivity contribution in [2.24, 2.45) is 5.84 Å². The number of ether oxygens (including phenoxy) is 2. The van der Waals surface area contributed by atoms with Gasteiger partial charge in [0, 0.05) is 0 Å². The lowest BCUT2D eigenvalue weighted by molar-refractivity contribution is -0.131. The highest BCUT2D eigenvalue weighted by Crippen LogP contribution is 2.04. The van der Waals surface area contributed by atoms with Gasteiger partial charge in [0.05, 0.1) is 32.6 Å². The second-order valence-electron chi connectivity index (χ2n) is 3.37. The number of hydrazine groups is 1. The number of hydrogen-bond acceptors (Lipinski definition) is 6. The van der Waals surface area contributed by atoms with E-state index in [4.69, 9.17) is 15.3 Å². The van der Waals surface area contributed by atoms with E-state index in [0.717, 1.165) is 0 Å². The number of amides is 1. The van der Waals surface area contributed by atoms with Gasteiger partial charge in [-0.2, -0.15) is 0 Å². The van der Waals surface area contributed by atoms with E-state index in [1.807, 2.05) is 5.43 Å². The summed E-state index contributed by atoms with van der Waals surface area (Å²) in [6.45, 7) is 2.36. The minimum atomic E-state index is -0.459. The molecule has 0 spiro atoms. The molecule has 1 aliphatic rings. The van der Waals surface area contributed by atoms with Gasteiger partial charge >= 0.3 is 0 Å². The molecule has 8 heteroatoms. The molecule has 1 fully saturated rings. The first kappa shape index (κ1) is 11.0. The number of carbonyl (C=O) groups excluding carboxylic acids is 1. The molecule has 0 unspecified atom stereocenters. The van der Waals surface area contributed by atoms with Gasteiger partial charge < -0.3 is 9.47 Å².